The number of amides is 3. The van der Waals surface area contributed by atoms with Crippen molar-refractivity contribution in [2.45, 2.75) is 18.9 Å². The quantitative estimate of drug-likeness (QED) is 0.807. The van der Waals surface area contributed by atoms with E-state index in [1.807, 2.05) is 34.5 Å². The number of rotatable bonds is 3. The van der Waals surface area contributed by atoms with Gasteiger partial charge in [0.25, 0.3) is 11.1 Å². The topological polar surface area (TPSA) is 57.7 Å². The van der Waals surface area contributed by atoms with E-state index >= 15 is 0 Å². The van der Waals surface area contributed by atoms with Gasteiger partial charge >= 0.3 is 0 Å². The summed E-state index contributed by atoms with van der Waals surface area (Å²) < 4.78 is 0. The maximum absolute atomic E-state index is 12.7. The Morgan fingerprint density at radius 2 is 1.73 bits per heavy atom. The highest BCUT2D eigenvalue weighted by atomic mass is 32.2. The van der Waals surface area contributed by atoms with Gasteiger partial charge in [0.15, 0.2) is 0 Å². The number of likely N-dealkylation sites (tertiary alicyclic amines) is 1. The van der Waals surface area contributed by atoms with E-state index in [0.29, 0.717) is 31.5 Å². The molecule has 3 heterocycles. The zero-order chi connectivity index (χ0) is 18.1. The first-order valence-electron chi connectivity index (χ1n) is 8.54. The van der Waals surface area contributed by atoms with Gasteiger partial charge in [-0.1, -0.05) is 23.9 Å². The Labute approximate surface area is 160 Å². The molecule has 5 nitrogen and oxygen atoms in total. The Bertz CT molecular complexity index is 809. The molecule has 4 rings (SSSR count). The van der Waals surface area contributed by atoms with Crippen molar-refractivity contribution in [3.63, 3.8) is 0 Å². The fourth-order valence-corrected chi connectivity index (χ4v) is 4.90. The highest BCUT2D eigenvalue weighted by Crippen LogP contribution is 2.27. The monoisotopic (exact) mass is 386 g/mol. The molecule has 2 saturated heterocycles. The predicted molar refractivity (Wildman–Crippen MR) is 103 cm³/mol. The first-order chi connectivity index (χ1) is 12.6. The molecule has 1 aromatic heterocycles. The Kier molecular flexibility index (Phi) is 4.82. The van der Waals surface area contributed by atoms with Crippen LogP contribution in [-0.4, -0.2) is 51.7 Å². The predicted octanol–water partition coefficient (Wildman–Crippen LogP) is 3.72. The smallest absolute Gasteiger partial charge is 0.289 e. The number of hydrogen-bond acceptors (Lipinski definition) is 5. The summed E-state index contributed by atoms with van der Waals surface area (Å²) in [5.41, 5.74) is 2.93. The number of thioether (sulfide) groups is 1. The van der Waals surface area contributed by atoms with Crippen LogP contribution in [0, 0.1) is 0 Å². The van der Waals surface area contributed by atoms with Gasteiger partial charge < -0.3 is 4.90 Å². The van der Waals surface area contributed by atoms with Gasteiger partial charge in [-0.2, -0.15) is 11.3 Å². The molecule has 2 aliphatic heterocycles. The Hall–Kier alpha value is -2.12. The lowest BCUT2D eigenvalue weighted by Gasteiger charge is -2.35. The molecule has 0 aliphatic carbocycles. The summed E-state index contributed by atoms with van der Waals surface area (Å²) >= 11 is 2.72. The number of benzene rings is 1. The van der Waals surface area contributed by atoms with E-state index in [9.17, 15) is 14.4 Å². The van der Waals surface area contributed by atoms with Gasteiger partial charge in [-0.25, -0.2) is 0 Å². The molecule has 7 heteroatoms. The molecule has 26 heavy (non-hydrogen) atoms. The minimum atomic E-state index is -0.149. The molecular weight excluding hydrogens is 368 g/mol. The molecule has 1 aromatic carbocycles. The molecule has 2 fully saturated rings. The highest BCUT2D eigenvalue weighted by molar-refractivity contribution is 8.14. The summed E-state index contributed by atoms with van der Waals surface area (Å²) in [7, 11) is 0. The zero-order valence-electron chi connectivity index (χ0n) is 14.1. The van der Waals surface area contributed by atoms with Crippen LogP contribution >= 0.6 is 23.1 Å². The minimum absolute atomic E-state index is 0.00812. The number of piperidine rings is 1. The van der Waals surface area contributed by atoms with Crippen LogP contribution in [-0.2, 0) is 4.79 Å². The normalized spacial score (nSPS) is 18.6. The summed E-state index contributed by atoms with van der Waals surface area (Å²) in [6, 6.07) is 9.67. The second-order valence-electron chi connectivity index (χ2n) is 6.43. The fourth-order valence-electron chi connectivity index (χ4n) is 3.46. The van der Waals surface area contributed by atoms with Crippen molar-refractivity contribution in [3.05, 3.63) is 46.7 Å². The van der Waals surface area contributed by atoms with Crippen molar-refractivity contribution in [2.75, 3.05) is 18.8 Å². The Morgan fingerprint density at radius 3 is 2.31 bits per heavy atom. The molecule has 2 aliphatic rings. The van der Waals surface area contributed by atoms with Gasteiger partial charge in [0, 0.05) is 24.7 Å². The molecule has 0 radical (unpaired) electrons. The lowest BCUT2D eigenvalue weighted by atomic mass is 10.0. The SMILES string of the molecule is O=C(c1ccc(-c2ccsc2)cc1)N1CCC(N2C(=O)CSC2=O)CC1. The number of carbonyl (C=O) groups is 3. The van der Waals surface area contributed by atoms with Gasteiger partial charge in [-0.05, 0) is 52.9 Å². The van der Waals surface area contributed by atoms with Crippen molar-refractivity contribution in [3.8, 4) is 11.1 Å². The average molecular weight is 386 g/mol. The Morgan fingerprint density at radius 1 is 1.00 bits per heavy atom. The van der Waals surface area contributed by atoms with E-state index in [-0.39, 0.29) is 28.8 Å². The standard InChI is InChI=1S/C19H18N2O3S2/c22-17-12-26-19(24)21(17)16-5-8-20(9-6-16)18(23)14-3-1-13(2-4-14)15-7-10-25-11-15/h1-4,7,10-11,16H,5-6,8-9,12H2. The second-order valence-corrected chi connectivity index (χ2v) is 8.14. The van der Waals surface area contributed by atoms with Gasteiger partial charge in [0.05, 0.1) is 5.75 Å². The molecule has 0 bridgehead atoms. The lowest BCUT2D eigenvalue weighted by Crippen LogP contribution is -2.48. The first-order valence-corrected chi connectivity index (χ1v) is 10.5. The molecule has 0 N–H and O–H groups in total. The van der Waals surface area contributed by atoms with Crippen molar-refractivity contribution in [1.29, 1.82) is 0 Å². The molecule has 0 unspecified atom stereocenters. The minimum Gasteiger partial charge on any atom is -0.338 e. The summed E-state index contributed by atoms with van der Waals surface area (Å²) in [6.07, 6.45) is 1.30. The van der Waals surface area contributed by atoms with Crippen LogP contribution in [0.3, 0.4) is 0 Å². The molecule has 0 saturated carbocycles. The number of imide groups is 1. The number of carbonyl (C=O) groups excluding carboxylic acids is 3. The molecule has 0 atom stereocenters. The van der Waals surface area contributed by atoms with Gasteiger partial charge in [-0.3, -0.25) is 19.3 Å². The Balaban J connectivity index is 1.39. The second kappa shape index (κ2) is 7.25. The van der Waals surface area contributed by atoms with Crippen LogP contribution in [0.5, 0.6) is 0 Å². The van der Waals surface area contributed by atoms with E-state index in [4.69, 9.17) is 0 Å². The van der Waals surface area contributed by atoms with Crippen molar-refractivity contribution < 1.29 is 14.4 Å². The third-order valence-electron chi connectivity index (χ3n) is 4.89. The van der Waals surface area contributed by atoms with Crippen molar-refractivity contribution in [1.82, 2.24) is 9.80 Å². The van der Waals surface area contributed by atoms with Crippen LogP contribution in [0.25, 0.3) is 11.1 Å². The summed E-state index contributed by atoms with van der Waals surface area (Å²) in [5.74, 6) is 0.150. The summed E-state index contributed by atoms with van der Waals surface area (Å²) in [4.78, 5) is 39.6. The zero-order valence-corrected chi connectivity index (χ0v) is 15.7. The molecule has 0 spiro atoms. The van der Waals surface area contributed by atoms with Crippen molar-refractivity contribution in [2.24, 2.45) is 0 Å². The molecule has 134 valence electrons. The van der Waals surface area contributed by atoms with Crippen LogP contribution < -0.4 is 0 Å². The van der Waals surface area contributed by atoms with Gasteiger partial charge in [-0.15, -0.1) is 0 Å². The van der Waals surface area contributed by atoms with E-state index in [1.165, 1.54) is 4.90 Å². The van der Waals surface area contributed by atoms with E-state index in [0.717, 1.165) is 22.9 Å². The summed E-state index contributed by atoms with van der Waals surface area (Å²) in [6.45, 7) is 1.13. The van der Waals surface area contributed by atoms with Gasteiger partial charge in [0.2, 0.25) is 5.91 Å². The fraction of sp³-hybridized carbons (Fsp3) is 0.316. The van der Waals surface area contributed by atoms with Crippen LogP contribution in [0.15, 0.2) is 41.1 Å². The van der Waals surface area contributed by atoms with E-state index in [1.54, 1.807) is 11.3 Å². The average Bonchev–Trinajstić information content (AvgIpc) is 3.32. The van der Waals surface area contributed by atoms with Crippen LogP contribution in [0.4, 0.5) is 4.79 Å². The van der Waals surface area contributed by atoms with Crippen LogP contribution in [0.1, 0.15) is 23.2 Å². The lowest BCUT2D eigenvalue weighted by molar-refractivity contribution is -0.126. The third kappa shape index (κ3) is 3.29. The number of hydrogen-bond donors (Lipinski definition) is 0. The maximum atomic E-state index is 12.7. The summed E-state index contributed by atoms with van der Waals surface area (Å²) in [5, 5.41) is 3.97. The largest absolute Gasteiger partial charge is 0.338 e. The van der Waals surface area contributed by atoms with E-state index in [2.05, 4.69) is 11.4 Å². The van der Waals surface area contributed by atoms with E-state index < -0.39 is 0 Å². The van der Waals surface area contributed by atoms with Crippen molar-refractivity contribution >= 4 is 40.2 Å². The number of nitrogens with zero attached hydrogens (tertiary/aromatic N) is 2. The third-order valence-corrected chi connectivity index (χ3v) is 6.41. The van der Waals surface area contributed by atoms with Gasteiger partial charge in [0.1, 0.15) is 0 Å². The maximum Gasteiger partial charge on any atom is 0.289 e. The first kappa shape index (κ1) is 17.3. The highest BCUT2D eigenvalue weighted by Gasteiger charge is 2.38. The molecule has 3 amide bonds. The van der Waals surface area contributed by atoms with Crippen LogP contribution in [0.2, 0.25) is 0 Å². The number of thiophene rings is 1. The molecule has 2 aromatic rings. The molecular formula is C19H18N2O3S2.